The largest absolute Gasteiger partial charge is 0.481 e. The summed E-state index contributed by atoms with van der Waals surface area (Å²) < 4.78 is 0. The smallest absolute Gasteiger partial charge is 0.312 e. The summed E-state index contributed by atoms with van der Waals surface area (Å²) in [6, 6.07) is 7.15. The van der Waals surface area contributed by atoms with Gasteiger partial charge in [0, 0.05) is 5.69 Å². The highest BCUT2D eigenvalue weighted by Crippen LogP contribution is 2.10. The molecule has 5 heteroatoms. The first kappa shape index (κ1) is 12.2. The minimum Gasteiger partial charge on any atom is -0.481 e. The van der Waals surface area contributed by atoms with Crippen LogP contribution in [0.2, 0.25) is 0 Å². The molecule has 0 bridgehead atoms. The molecule has 0 atom stereocenters. The highest BCUT2D eigenvalue weighted by Gasteiger charge is 2.07. The van der Waals surface area contributed by atoms with E-state index in [-0.39, 0.29) is 0 Å². The third-order valence-corrected chi connectivity index (χ3v) is 1.98. The second-order valence-electron chi connectivity index (χ2n) is 3.35. The molecule has 0 spiro atoms. The second-order valence-corrected chi connectivity index (χ2v) is 3.35. The minimum atomic E-state index is -1.14. The zero-order valence-electron chi connectivity index (χ0n) is 8.77. The SMILES string of the molecule is NCCc1ccc(NC(=O)CC(=O)O)cc1. The van der Waals surface area contributed by atoms with E-state index in [0.717, 1.165) is 12.0 Å². The zero-order chi connectivity index (χ0) is 12.0. The molecule has 4 N–H and O–H groups in total. The maximum Gasteiger partial charge on any atom is 0.312 e. The van der Waals surface area contributed by atoms with Crippen molar-refractivity contribution < 1.29 is 14.7 Å². The summed E-state index contributed by atoms with van der Waals surface area (Å²) in [7, 11) is 0. The van der Waals surface area contributed by atoms with E-state index in [1.165, 1.54) is 0 Å². The normalized spacial score (nSPS) is 9.81. The van der Waals surface area contributed by atoms with Gasteiger partial charge < -0.3 is 16.2 Å². The maximum atomic E-state index is 11.1. The number of carbonyl (C=O) groups excluding carboxylic acids is 1. The molecule has 16 heavy (non-hydrogen) atoms. The lowest BCUT2D eigenvalue weighted by molar-refractivity contribution is -0.139. The monoisotopic (exact) mass is 222 g/mol. The number of hydrogen-bond acceptors (Lipinski definition) is 3. The molecule has 0 saturated carbocycles. The molecule has 0 radical (unpaired) electrons. The van der Waals surface area contributed by atoms with Crippen LogP contribution in [0.25, 0.3) is 0 Å². The van der Waals surface area contributed by atoms with Crippen LogP contribution in [0, 0.1) is 0 Å². The molecular weight excluding hydrogens is 208 g/mol. The third-order valence-electron chi connectivity index (χ3n) is 1.98. The number of carboxylic acids is 1. The number of benzene rings is 1. The molecule has 0 aliphatic rings. The fraction of sp³-hybridized carbons (Fsp3) is 0.273. The van der Waals surface area contributed by atoms with Gasteiger partial charge in [0.1, 0.15) is 6.42 Å². The summed E-state index contributed by atoms with van der Waals surface area (Å²) in [5, 5.41) is 10.9. The van der Waals surface area contributed by atoms with Crippen molar-refractivity contribution in [2.45, 2.75) is 12.8 Å². The van der Waals surface area contributed by atoms with Gasteiger partial charge in [0.05, 0.1) is 0 Å². The summed E-state index contributed by atoms with van der Waals surface area (Å²) in [5.74, 6) is -1.67. The Bertz CT molecular complexity index is 373. The molecule has 0 fully saturated rings. The summed E-state index contributed by atoms with van der Waals surface area (Å²) in [6.07, 6.45) is 0.258. The summed E-state index contributed by atoms with van der Waals surface area (Å²) in [6.45, 7) is 0.574. The highest BCUT2D eigenvalue weighted by molar-refractivity contribution is 6.01. The van der Waals surface area contributed by atoms with Crippen molar-refractivity contribution in [3.8, 4) is 0 Å². The highest BCUT2D eigenvalue weighted by atomic mass is 16.4. The zero-order valence-corrected chi connectivity index (χ0v) is 8.77. The van der Waals surface area contributed by atoms with E-state index < -0.39 is 18.3 Å². The Morgan fingerprint density at radius 1 is 1.25 bits per heavy atom. The first-order chi connectivity index (χ1) is 7.61. The maximum absolute atomic E-state index is 11.1. The van der Waals surface area contributed by atoms with Gasteiger partial charge in [-0.2, -0.15) is 0 Å². The summed E-state index contributed by atoms with van der Waals surface area (Å²) in [4.78, 5) is 21.4. The number of nitrogens with two attached hydrogens (primary N) is 1. The molecule has 0 saturated heterocycles. The summed E-state index contributed by atoms with van der Waals surface area (Å²) >= 11 is 0. The average molecular weight is 222 g/mol. The number of hydrogen-bond donors (Lipinski definition) is 3. The number of rotatable bonds is 5. The van der Waals surface area contributed by atoms with Gasteiger partial charge in [-0.25, -0.2) is 0 Å². The first-order valence-corrected chi connectivity index (χ1v) is 4.92. The van der Waals surface area contributed by atoms with Gasteiger partial charge in [0.2, 0.25) is 5.91 Å². The predicted molar refractivity (Wildman–Crippen MR) is 60.1 cm³/mol. The van der Waals surface area contributed by atoms with E-state index in [1.54, 1.807) is 12.1 Å². The van der Waals surface area contributed by atoms with Crippen LogP contribution in [0.5, 0.6) is 0 Å². The van der Waals surface area contributed by atoms with E-state index in [0.29, 0.717) is 12.2 Å². The van der Waals surface area contributed by atoms with Gasteiger partial charge in [-0.15, -0.1) is 0 Å². The van der Waals surface area contributed by atoms with Crippen molar-refractivity contribution in [2.24, 2.45) is 5.73 Å². The molecule has 1 aromatic rings. The van der Waals surface area contributed by atoms with Gasteiger partial charge in [0.15, 0.2) is 0 Å². The third kappa shape index (κ3) is 4.10. The number of anilines is 1. The Morgan fingerprint density at radius 3 is 2.38 bits per heavy atom. The van der Waals surface area contributed by atoms with Crippen molar-refractivity contribution in [1.29, 1.82) is 0 Å². The number of nitrogens with one attached hydrogen (secondary N) is 1. The molecule has 0 aromatic heterocycles. The van der Waals surface area contributed by atoms with Crippen LogP contribution in [0.4, 0.5) is 5.69 Å². The second kappa shape index (κ2) is 5.87. The quantitative estimate of drug-likeness (QED) is 0.636. The molecule has 0 aliphatic heterocycles. The van der Waals surface area contributed by atoms with Crippen molar-refractivity contribution in [1.82, 2.24) is 0 Å². The van der Waals surface area contributed by atoms with Crippen LogP contribution in [0.3, 0.4) is 0 Å². The van der Waals surface area contributed by atoms with Crippen molar-refractivity contribution in [3.05, 3.63) is 29.8 Å². The Labute approximate surface area is 93.3 Å². The van der Waals surface area contributed by atoms with Crippen LogP contribution in [0.15, 0.2) is 24.3 Å². The van der Waals surface area contributed by atoms with Crippen molar-refractivity contribution in [2.75, 3.05) is 11.9 Å². The van der Waals surface area contributed by atoms with Gasteiger partial charge >= 0.3 is 5.97 Å². The summed E-state index contributed by atoms with van der Waals surface area (Å²) in [5.41, 5.74) is 7.07. The number of amides is 1. The first-order valence-electron chi connectivity index (χ1n) is 4.92. The topological polar surface area (TPSA) is 92.4 Å². The minimum absolute atomic E-state index is 0.523. The Balaban J connectivity index is 2.54. The van der Waals surface area contributed by atoms with E-state index >= 15 is 0 Å². The van der Waals surface area contributed by atoms with Crippen LogP contribution in [-0.4, -0.2) is 23.5 Å². The van der Waals surface area contributed by atoms with Gasteiger partial charge in [-0.05, 0) is 30.7 Å². The lowest BCUT2D eigenvalue weighted by Gasteiger charge is -2.04. The lowest BCUT2D eigenvalue weighted by atomic mass is 10.1. The lowest BCUT2D eigenvalue weighted by Crippen LogP contribution is -2.15. The molecule has 1 amide bonds. The molecule has 0 heterocycles. The van der Waals surface area contributed by atoms with E-state index in [9.17, 15) is 9.59 Å². The van der Waals surface area contributed by atoms with Crippen molar-refractivity contribution in [3.63, 3.8) is 0 Å². The molecular formula is C11H14N2O3. The Morgan fingerprint density at radius 2 is 1.88 bits per heavy atom. The fourth-order valence-electron chi connectivity index (χ4n) is 1.26. The van der Waals surface area contributed by atoms with E-state index in [2.05, 4.69) is 5.32 Å². The molecule has 5 nitrogen and oxygen atoms in total. The van der Waals surface area contributed by atoms with E-state index in [1.807, 2.05) is 12.1 Å². The number of carboxylic acid groups (broad SMARTS) is 1. The van der Waals surface area contributed by atoms with Gasteiger partial charge in [-0.3, -0.25) is 9.59 Å². The van der Waals surface area contributed by atoms with Crippen LogP contribution in [0.1, 0.15) is 12.0 Å². The van der Waals surface area contributed by atoms with Crippen LogP contribution >= 0.6 is 0 Å². The Kier molecular flexibility index (Phi) is 4.47. The Hall–Kier alpha value is -1.88. The molecule has 0 aliphatic carbocycles. The molecule has 1 aromatic carbocycles. The number of aliphatic carboxylic acids is 1. The predicted octanol–water partition coefficient (Wildman–Crippen LogP) is 0.601. The average Bonchev–Trinajstić information content (AvgIpc) is 2.20. The van der Waals surface area contributed by atoms with Crippen LogP contribution in [-0.2, 0) is 16.0 Å². The van der Waals surface area contributed by atoms with Gasteiger partial charge in [0.25, 0.3) is 0 Å². The van der Waals surface area contributed by atoms with Crippen LogP contribution < -0.4 is 11.1 Å². The molecule has 0 unspecified atom stereocenters. The number of carbonyl (C=O) groups is 2. The fourth-order valence-corrected chi connectivity index (χ4v) is 1.26. The standard InChI is InChI=1S/C11H14N2O3/c12-6-5-8-1-3-9(4-2-8)13-10(14)7-11(15)16/h1-4H,5-7,12H2,(H,13,14)(H,15,16). The van der Waals surface area contributed by atoms with Gasteiger partial charge in [-0.1, -0.05) is 12.1 Å². The van der Waals surface area contributed by atoms with E-state index in [4.69, 9.17) is 10.8 Å². The molecule has 1 rings (SSSR count). The molecule has 86 valence electrons. The van der Waals surface area contributed by atoms with Crippen molar-refractivity contribution >= 4 is 17.6 Å².